The molecule has 0 saturated carbocycles. The van der Waals surface area contributed by atoms with Crippen LogP contribution in [0.1, 0.15) is 22.6 Å². The molecule has 0 N–H and O–H groups in total. The standard InChI is InChI=1S/C11H19N3O4/c1-16-7-4-6-14-9(5-8-17-2)10(12-13-14)11(15)18-3/h4-8H2,1-3H3. The fourth-order valence-electron chi connectivity index (χ4n) is 1.57. The van der Waals surface area contributed by atoms with Crippen LogP contribution in [0.5, 0.6) is 0 Å². The second-order valence-electron chi connectivity index (χ2n) is 3.69. The third-order valence-electron chi connectivity index (χ3n) is 2.48. The van der Waals surface area contributed by atoms with Crippen molar-refractivity contribution in [1.82, 2.24) is 15.0 Å². The third kappa shape index (κ3) is 3.78. The fourth-order valence-corrected chi connectivity index (χ4v) is 1.57. The summed E-state index contributed by atoms with van der Waals surface area (Å²) in [6, 6.07) is 0. The first kappa shape index (κ1) is 14.6. The number of esters is 1. The first-order chi connectivity index (χ1) is 8.74. The molecule has 0 bridgehead atoms. The second-order valence-corrected chi connectivity index (χ2v) is 3.69. The predicted octanol–water partition coefficient (Wildman–Crippen LogP) is 0.290. The summed E-state index contributed by atoms with van der Waals surface area (Å²) in [7, 11) is 4.58. The van der Waals surface area contributed by atoms with E-state index >= 15 is 0 Å². The molecule has 0 aliphatic rings. The minimum absolute atomic E-state index is 0.256. The average molecular weight is 257 g/mol. The van der Waals surface area contributed by atoms with E-state index in [0.29, 0.717) is 26.2 Å². The highest BCUT2D eigenvalue weighted by atomic mass is 16.5. The van der Waals surface area contributed by atoms with Crippen LogP contribution in [0, 0.1) is 0 Å². The molecule has 0 radical (unpaired) electrons. The van der Waals surface area contributed by atoms with Gasteiger partial charge in [0.2, 0.25) is 0 Å². The number of aromatic nitrogens is 3. The Morgan fingerprint density at radius 3 is 2.56 bits per heavy atom. The molecule has 1 aromatic rings. The molecule has 0 fully saturated rings. The van der Waals surface area contributed by atoms with E-state index in [0.717, 1.165) is 12.1 Å². The zero-order valence-electron chi connectivity index (χ0n) is 11.0. The molecule has 0 saturated heterocycles. The minimum atomic E-state index is -0.473. The van der Waals surface area contributed by atoms with Gasteiger partial charge in [-0.2, -0.15) is 0 Å². The number of carbonyl (C=O) groups excluding carboxylic acids is 1. The third-order valence-corrected chi connectivity index (χ3v) is 2.48. The Bertz CT molecular complexity index is 378. The van der Waals surface area contributed by atoms with Crippen molar-refractivity contribution in [2.75, 3.05) is 34.5 Å². The van der Waals surface area contributed by atoms with Crippen molar-refractivity contribution in [3.8, 4) is 0 Å². The largest absolute Gasteiger partial charge is 0.464 e. The van der Waals surface area contributed by atoms with E-state index < -0.39 is 5.97 Å². The maximum Gasteiger partial charge on any atom is 0.360 e. The number of methoxy groups -OCH3 is 3. The van der Waals surface area contributed by atoms with E-state index in [1.165, 1.54) is 7.11 Å². The van der Waals surface area contributed by atoms with Crippen LogP contribution in [0.25, 0.3) is 0 Å². The summed E-state index contributed by atoms with van der Waals surface area (Å²) >= 11 is 0. The first-order valence-corrected chi connectivity index (χ1v) is 5.73. The van der Waals surface area contributed by atoms with Crippen LogP contribution in [-0.4, -0.2) is 55.5 Å². The maximum atomic E-state index is 11.5. The summed E-state index contributed by atoms with van der Waals surface area (Å²) < 4.78 is 16.4. The molecule has 1 heterocycles. The molecule has 1 rings (SSSR count). The zero-order valence-corrected chi connectivity index (χ0v) is 11.0. The van der Waals surface area contributed by atoms with Crippen molar-refractivity contribution in [2.45, 2.75) is 19.4 Å². The van der Waals surface area contributed by atoms with E-state index in [-0.39, 0.29) is 5.69 Å². The number of rotatable bonds is 8. The number of nitrogens with zero attached hydrogens (tertiary/aromatic N) is 3. The highest BCUT2D eigenvalue weighted by molar-refractivity contribution is 5.88. The van der Waals surface area contributed by atoms with Gasteiger partial charge < -0.3 is 14.2 Å². The van der Waals surface area contributed by atoms with Crippen molar-refractivity contribution in [1.29, 1.82) is 0 Å². The Labute approximate surface area is 106 Å². The van der Waals surface area contributed by atoms with Gasteiger partial charge in [0.15, 0.2) is 5.69 Å². The summed E-state index contributed by atoms with van der Waals surface area (Å²) in [5, 5.41) is 7.83. The maximum absolute atomic E-state index is 11.5. The van der Waals surface area contributed by atoms with Gasteiger partial charge in [-0.25, -0.2) is 9.48 Å². The molecule has 0 aliphatic heterocycles. The van der Waals surface area contributed by atoms with Crippen molar-refractivity contribution in [3.63, 3.8) is 0 Å². The Hall–Kier alpha value is -1.47. The lowest BCUT2D eigenvalue weighted by molar-refractivity contribution is 0.0592. The molecule has 0 unspecified atom stereocenters. The predicted molar refractivity (Wildman–Crippen MR) is 63.4 cm³/mol. The Balaban J connectivity index is 2.81. The molecular formula is C11H19N3O4. The molecule has 0 atom stereocenters. The Kier molecular flexibility index (Phi) is 6.31. The lowest BCUT2D eigenvalue weighted by atomic mass is 10.2. The van der Waals surface area contributed by atoms with Crippen LogP contribution in [0.3, 0.4) is 0 Å². The molecule has 1 aromatic heterocycles. The van der Waals surface area contributed by atoms with Crippen LogP contribution >= 0.6 is 0 Å². The monoisotopic (exact) mass is 257 g/mol. The van der Waals surface area contributed by atoms with Crippen LogP contribution in [0.15, 0.2) is 0 Å². The van der Waals surface area contributed by atoms with E-state index in [1.807, 2.05) is 0 Å². The molecule has 0 amide bonds. The lowest BCUT2D eigenvalue weighted by Gasteiger charge is -2.06. The number of ether oxygens (including phenoxy) is 3. The highest BCUT2D eigenvalue weighted by Crippen LogP contribution is 2.09. The van der Waals surface area contributed by atoms with Crippen molar-refractivity contribution in [3.05, 3.63) is 11.4 Å². The van der Waals surface area contributed by atoms with Gasteiger partial charge in [0.1, 0.15) is 0 Å². The molecule has 0 aromatic carbocycles. The van der Waals surface area contributed by atoms with Crippen LogP contribution in [0.4, 0.5) is 0 Å². The molecule has 7 heteroatoms. The molecule has 0 spiro atoms. The van der Waals surface area contributed by atoms with Crippen molar-refractivity contribution < 1.29 is 19.0 Å². The summed E-state index contributed by atoms with van der Waals surface area (Å²) in [6.07, 6.45) is 1.38. The average Bonchev–Trinajstić information content (AvgIpc) is 2.79. The zero-order chi connectivity index (χ0) is 13.4. The number of hydrogen-bond donors (Lipinski definition) is 0. The molecule has 0 aliphatic carbocycles. The molecule has 7 nitrogen and oxygen atoms in total. The highest BCUT2D eigenvalue weighted by Gasteiger charge is 2.19. The van der Waals surface area contributed by atoms with Crippen LogP contribution in [0.2, 0.25) is 0 Å². The van der Waals surface area contributed by atoms with Crippen LogP contribution < -0.4 is 0 Å². The summed E-state index contributed by atoms with van der Waals surface area (Å²) in [6.45, 7) is 1.79. The van der Waals surface area contributed by atoms with Gasteiger partial charge in [-0.05, 0) is 6.42 Å². The number of carbonyl (C=O) groups is 1. The van der Waals surface area contributed by atoms with Gasteiger partial charge in [0.05, 0.1) is 19.4 Å². The smallest absolute Gasteiger partial charge is 0.360 e. The van der Waals surface area contributed by atoms with Gasteiger partial charge in [0.25, 0.3) is 0 Å². The molecular weight excluding hydrogens is 238 g/mol. The van der Waals surface area contributed by atoms with Crippen LogP contribution in [-0.2, 0) is 27.2 Å². The lowest BCUT2D eigenvalue weighted by Crippen LogP contribution is -2.13. The van der Waals surface area contributed by atoms with Crippen molar-refractivity contribution >= 4 is 5.97 Å². The minimum Gasteiger partial charge on any atom is -0.464 e. The van der Waals surface area contributed by atoms with Gasteiger partial charge in [-0.15, -0.1) is 5.10 Å². The van der Waals surface area contributed by atoms with E-state index in [2.05, 4.69) is 15.0 Å². The normalized spacial score (nSPS) is 10.6. The Morgan fingerprint density at radius 1 is 1.22 bits per heavy atom. The quantitative estimate of drug-likeness (QED) is 0.492. The van der Waals surface area contributed by atoms with E-state index in [4.69, 9.17) is 9.47 Å². The molecule has 102 valence electrons. The van der Waals surface area contributed by atoms with Gasteiger partial charge in [-0.3, -0.25) is 0 Å². The van der Waals surface area contributed by atoms with Gasteiger partial charge in [-0.1, -0.05) is 5.21 Å². The SMILES string of the molecule is COCCCn1nnc(C(=O)OC)c1CCOC. The summed E-state index contributed by atoms with van der Waals surface area (Å²) in [4.78, 5) is 11.5. The topological polar surface area (TPSA) is 75.5 Å². The van der Waals surface area contributed by atoms with Gasteiger partial charge in [0, 0.05) is 33.8 Å². The fraction of sp³-hybridized carbons (Fsp3) is 0.727. The summed E-state index contributed by atoms with van der Waals surface area (Å²) in [5.74, 6) is -0.473. The second kappa shape index (κ2) is 7.78. The molecule has 18 heavy (non-hydrogen) atoms. The number of hydrogen-bond acceptors (Lipinski definition) is 6. The summed E-state index contributed by atoms with van der Waals surface area (Å²) in [5.41, 5.74) is 0.992. The van der Waals surface area contributed by atoms with E-state index in [9.17, 15) is 4.79 Å². The van der Waals surface area contributed by atoms with Crippen molar-refractivity contribution in [2.24, 2.45) is 0 Å². The Morgan fingerprint density at radius 2 is 1.94 bits per heavy atom. The first-order valence-electron chi connectivity index (χ1n) is 5.73. The number of aryl methyl sites for hydroxylation is 1. The van der Waals surface area contributed by atoms with E-state index in [1.54, 1.807) is 18.9 Å². The van der Waals surface area contributed by atoms with Gasteiger partial charge >= 0.3 is 5.97 Å².